The summed E-state index contributed by atoms with van der Waals surface area (Å²) in [5.74, 6) is 0.167. The van der Waals surface area contributed by atoms with E-state index in [2.05, 4.69) is 18.7 Å². The van der Waals surface area contributed by atoms with E-state index in [1.807, 2.05) is 13.8 Å². The van der Waals surface area contributed by atoms with Crippen molar-refractivity contribution in [3.8, 4) is 0 Å². The van der Waals surface area contributed by atoms with Gasteiger partial charge < -0.3 is 14.6 Å². The Morgan fingerprint density at radius 2 is 1.63 bits per heavy atom. The maximum atomic E-state index is 10.5. The highest BCUT2D eigenvalue weighted by atomic mass is 16.5. The highest BCUT2D eigenvalue weighted by molar-refractivity contribution is 5.03. The van der Waals surface area contributed by atoms with Crippen molar-refractivity contribution >= 4 is 0 Å². The topological polar surface area (TPSA) is 41.9 Å². The summed E-state index contributed by atoms with van der Waals surface area (Å²) in [4.78, 5) is 2.46. The van der Waals surface area contributed by atoms with Crippen molar-refractivity contribution in [2.45, 2.75) is 70.1 Å². The van der Waals surface area contributed by atoms with Gasteiger partial charge in [0.15, 0.2) is 0 Å². The Morgan fingerprint density at radius 3 is 2.11 bits per heavy atom. The smallest absolute Gasteiger partial charge is 0.0896 e. The molecular formula is C15H27NO3. The third-order valence-electron chi connectivity index (χ3n) is 5.09. The normalized spacial score (nSPS) is 44.7. The van der Waals surface area contributed by atoms with Gasteiger partial charge in [-0.1, -0.05) is 0 Å². The van der Waals surface area contributed by atoms with Crippen molar-refractivity contribution in [3.63, 3.8) is 0 Å². The van der Waals surface area contributed by atoms with E-state index in [0.29, 0.717) is 12.2 Å². The fourth-order valence-electron chi connectivity index (χ4n) is 4.12. The molecule has 3 saturated heterocycles. The molecule has 0 aromatic heterocycles. The quantitative estimate of drug-likeness (QED) is 0.823. The summed E-state index contributed by atoms with van der Waals surface area (Å²) in [6, 6.07) is 0. The van der Waals surface area contributed by atoms with Gasteiger partial charge in [0.05, 0.1) is 29.5 Å². The highest BCUT2D eigenvalue weighted by Crippen LogP contribution is 2.43. The van der Waals surface area contributed by atoms with Crippen LogP contribution in [0.5, 0.6) is 0 Å². The number of morpholine rings is 1. The van der Waals surface area contributed by atoms with E-state index in [1.165, 1.54) is 12.8 Å². The van der Waals surface area contributed by atoms with Gasteiger partial charge in [0.2, 0.25) is 0 Å². The molecule has 1 N–H and O–H groups in total. The largest absolute Gasteiger partial charge is 0.390 e. The molecule has 0 aromatic carbocycles. The fraction of sp³-hybridized carbons (Fsp3) is 1.00. The number of nitrogens with zero attached hydrogens (tertiary/aromatic N) is 1. The highest BCUT2D eigenvalue weighted by Gasteiger charge is 2.53. The second-order valence-corrected chi connectivity index (χ2v) is 7.54. The molecule has 3 rings (SSSR count). The van der Waals surface area contributed by atoms with Crippen molar-refractivity contribution < 1.29 is 14.6 Å². The minimum absolute atomic E-state index is 0.167. The minimum Gasteiger partial charge on any atom is -0.390 e. The summed E-state index contributed by atoms with van der Waals surface area (Å²) in [7, 11) is 0. The van der Waals surface area contributed by atoms with Gasteiger partial charge in [-0.2, -0.15) is 0 Å². The molecule has 0 amide bonds. The molecule has 4 heteroatoms. The van der Waals surface area contributed by atoms with Crippen LogP contribution in [0.15, 0.2) is 0 Å². The Balaban J connectivity index is 1.69. The molecular weight excluding hydrogens is 242 g/mol. The molecule has 4 nitrogen and oxygen atoms in total. The Bertz CT molecular complexity index is 343. The Hall–Kier alpha value is -0.160. The summed E-state index contributed by atoms with van der Waals surface area (Å²) in [6.45, 7) is 11.1. The van der Waals surface area contributed by atoms with Crippen LogP contribution in [0, 0.1) is 5.92 Å². The third kappa shape index (κ3) is 2.44. The second kappa shape index (κ2) is 4.42. The van der Waals surface area contributed by atoms with Crippen LogP contribution in [0.2, 0.25) is 0 Å². The average molecular weight is 269 g/mol. The average Bonchev–Trinajstić information content (AvgIpc) is 2.69. The third-order valence-corrected chi connectivity index (χ3v) is 5.09. The summed E-state index contributed by atoms with van der Waals surface area (Å²) >= 11 is 0. The first-order chi connectivity index (χ1) is 8.78. The van der Waals surface area contributed by atoms with Crippen LogP contribution in [-0.4, -0.2) is 59.2 Å². The molecule has 0 aromatic rings. The van der Waals surface area contributed by atoms with Gasteiger partial charge in [0.1, 0.15) is 0 Å². The van der Waals surface area contributed by atoms with E-state index in [1.54, 1.807) is 0 Å². The lowest BCUT2D eigenvalue weighted by Crippen LogP contribution is -2.49. The zero-order valence-corrected chi connectivity index (χ0v) is 12.6. The van der Waals surface area contributed by atoms with Crippen LogP contribution in [0.4, 0.5) is 0 Å². The van der Waals surface area contributed by atoms with Gasteiger partial charge in [-0.25, -0.2) is 0 Å². The molecule has 2 bridgehead atoms. The van der Waals surface area contributed by atoms with Gasteiger partial charge in [-0.05, 0) is 40.5 Å². The van der Waals surface area contributed by atoms with Crippen LogP contribution in [0.1, 0.15) is 40.5 Å². The van der Waals surface area contributed by atoms with E-state index >= 15 is 0 Å². The monoisotopic (exact) mass is 269 g/mol. The van der Waals surface area contributed by atoms with E-state index < -0.39 is 11.7 Å². The van der Waals surface area contributed by atoms with Gasteiger partial charge in [0.25, 0.3) is 0 Å². The number of likely N-dealkylation sites (tertiary alicyclic amines) is 1. The van der Waals surface area contributed by atoms with Crippen LogP contribution < -0.4 is 0 Å². The number of rotatable bonds is 2. The molecule has 0 spiro atoms. The summed E-state index contributed by atoms with van der Waals surface area (Å²) in [5.41, 5.74) is -0.709. The van der Waals surface area contributed by atoms with Crippen LogP contribution in [0.25, 0.3) is 0 Å². The first-order valence-electron chi connectivity index (χ1n) is 7.54. The van der Waals surface area contributed by atoms with Crippen LogP contribution in [0.3, 0.4) is 0 Å². The SMILES string of the molecule is CC1(C)OC(C)(C)C(CN2CC3CCC(C2)O3)C1O. The predicted octanol–water partition coefficient (Wildman–Crippen LogP) is 1.41. The number of fused-ring (bicyclic) bond motifs is 2. The molecule has 4 unspecified atom stereocenters. The van der Waals surface area contributed by atoms with Crippen molar-refractivity contribution in [2.24, 2.45) is 5.92 Å². The lowest BCUT2D eigenvalue weighted by Gasteiger charge is -2.37. The number of ether oxygens (including phenoxy) is 2. The molecule has 3 aliphatic heterocycles. The molecule has 3 aliphatic rings. The molecule has 0 radical (unpaired) electrons. The van der Waals surface area contributed by atoms with Gasteiger partial charge in [0, 0.05) is 25.6 Å². The maximum Gasteiger partial charge on any atom is 0.0896 e. The zero-order chi connectivity index (χ0) is 13.8. The van der Waals surface area contributed by atoms with Crippen molar-refractivity contribution in [3.05, 3.63) is 0 Å². The lowest BCUT2D eigenvalue weighted by atomic mass is 9.84. The van der Waals surface area contributed by atoms with Gasteiger partial charge >= 0.3 is 0 Å². The van der Waals surface area contributed by atoms with E-state index in [-0.39, 0.29) is 11.5 Å². The summed E-state index contributed by atoms with van der Waals surface area (Å²) < 4.78 is 11.9. The number of hydrogen-bond acceptors (Lipinski definition) is 4. The first kappa shape index (κ1) is 13.8. The van der Waals surface area contributed by atoms with Crippen LogP contribution in [-0.2, 0) is 9.47 Å². The first-order valence-corrected chi connectivity index (χ1v) is 7.54. The molecule has 0 saturated carbocycles. The molecule has 4 atom stereocenters. The standard InChI is InChI=1S/C15H27NO3/c1-14(2)12(13(17)15(3,4)19-14)9-16-7-10-5-6-11(8-16)18-10/h10-13,17H,5-9H2,1-4H3. The molecule has 19 heavy (non-hydrogen) atoms. The Kier molecular flexibility index (Phi) is 3.21. The minimum atomic E-state index is -0.445. The maximum absolute atomic E-state index is 10.5. The second-order valence-electron chi connectivity index (χ2n) is 7.54. The molecule has 0 aliphatic carbocycles. The molecule has 3 fully saturated rings. The number of hydrogen-bond donors (Lipinski definition) is 1. The van der Waals surface area contributed by atoms with Crippen molar-refractivity contribution in [2.75, 3.05) is 19.6 Å². The lowest BCUT2D eigenvalue weighted by molar-refractivity contribution is -0.0931. The number of aliphatic hydroxyl groups is 1. The predicted molar refractivity (Wildman–Crippen MR) is 73.1 cm³/mol. The number of aliphatic hydroxyl groups excluding tert-OH is 1. The summed E-state index contributed by atoms with van der Waals surface area (Å²) in [6.07, 6.45) is 2.81. The van der Waals surface area contributed by atoms with E-state index in [4.69, 9.17) is 9.47 Å². The Labute approximate surface area is 116 Å². The fourth-order valence-corrected chi connectivity index (χ4v) is 4.12. The van der Waals surface area contributed by atoms with E-state index in [0.717, 1.165) is 19.6 Å². The van der Waals surface area contributed by atoms with E-state index in [9.17, 15) is 5.11 Å². The van der Waals surface area contributed by atoms with Crippen LogP contribution >= 0.6 is 0 Å². The molecule has 110 valence electrons. The van der Waals surface area contributed by atoms with Gasteiger partial charge in [-0.15, -0.1) is 0 Å². The Morgan fingerprint density at radius 1 is 1.05 bits per heavy atom. The summed E-state index contributed by atoms with van der Waals surface area (Å²) in [5, 5.41) is 10.5. The van der Waals surface area contributed by atoms with Gasteiger partial charge in [-0.3, -0.25) is 4.90 Å². The van der Waals surface area contributed by atoms with Crippen molar-refractivity contribution in [1.29, 1.82) is 0 Å². The van der Waals surface area contributed by atoms with Crippen molar-refractivity contribution in [1.82, 2.24) is 4.90 Å². The zero-order valence-electron chi connectivity index (χ0n) is 12.6. The molecule has 3 heterocycles.